The van der Waals surface area contributed by atoms with Gasteiger partial charge in [-0.25, -0.2) is 0 Å². The third-order valence-electron chi connectivity index (χ3n) is 2.80. The van der Waals surface area contributed by atoms with E-state index in [1.807, 2.05) is 28.4 Å². The number of aromatic nitrogens is 2. The molecule has 2 rings (SSSR count). The van der Waals surface area contributed by atoms with Crippen LogP contribution in [0.2, 0.25) is 0 Å². The van der Waals surface area contributed by atoms with Crippen LogP contribution >= 0.6 is 11.3 Å². The van der Waals surface area contributed by atoms with Crippen LogP contribution in [0.25, 0.3) is 0 Å². The number of aryl methyl sites for hydroxylation is 2. The highest BCUT2D eigenvalue weighted by Gasteiger charge is 2.09. The molecule has 4 heteroatoms. The molecule has 0 saturated carbocycles. The van der Waals surface area contributed by atoms with Crippen LogP contribution in [0.5, 0.6) is 0 Å². The molecule has 0 radical (unpaired) electrons. The number of thiophene rings is 1. The van der Waals surface area contributed by atoms with Gasteiger partial charge in [0.2, 0.25) is 0 Å². The molecule has 0 aliphatic heterocycles. The lowest BCUT2D eigenvalue weighted by atomic mass is 10.2. The quantitative estimate of drug-likeness (QED) is 0.875. The van der Waals surface area contributed by atoms with E-state index in [0.717, 1.165) is 18.7 Å². The number of rotatable bonds is 5. The van der Waals surface area contributed by atoms with E-state index >= 15 is 0 Å². The molecule has 0 aliphatic carbocycles. The molecule has 2 heterocycles. The fourth-order valence-electron chi connectivity index (χ4n) is 1.75. The van der Waals surface area contributed by atoms with Gasteiger partial charge in [-0.15, -0.1) is 11.3 Å². The Bertz CT molecular complexity index is 472. The van der Waals surface area contributed by atoms with Gasteiger partial charge in [0, 0.05) is 22.5 Å². The van der Waals surface area contributed by atoms with Gasteiger partial charge in [0.05, 0.1) is 17.9 Å². The molecule has 0 amide bonds. The van der Waals surface area contributed by atoms with Gasteiger partial charge in [-0.2, -0.15) is 5.10 Å². The molecule has 0 bridgehead atoms. The van der Waals surface area contributed by atoms with Gasteiger partial charge < -0.3 is 5.32 Å². The summed E-state index contributed by atoms with van der Waals surface area (Å²) in [5.74, 6) is 0. The molecule has 0 aliphatic rings. The van der Waals surface area contributed by atoms with Gasteiger partial charge in [0.15, 0.2) is 0 Å². The van der Waals surface area contributed by atoms with Crippen LogP contribution in [0, 0.1) is 0 Å². The van der Waals surface area contributed by atoms with E-state index in [1.54, 1.807) is 0 Å². The largest absolute Gasteiger partial charge is 0.375 e. The molecular weight excluding hydrogens is 230 g/mol. The molecule has 1 unspecified atom stereocenters. The van der Waals surface area contributed by atoms with Crippen molar-refractivity contribution in [2.75, 3.05) is 5.32 Å². The molecule has 17 heavy (non-hydrogen) atoms. The molecule has 0 spiro atoms. The average molecular weight is 249 g/mol. The van der Waals surface area contributed by atoms with E-state index in [1.165, 1.54) is 9.75 Å². The first-order valence-electron chi connectivity index (χ1n) is 6.10. The van der Waals surface area contributed by atoms with Crippen molar-refractivity contribution in [2.24, 2.45) is 0 Å². The summed E-state index contributed by atoms with van der Waals surface area (Å²) in [6, 6.07) is 4.77. The summed E-state index contributed by atoms with van der Waals surface area (Å²) in [4.78, 5) is 2.82. The first-order valence-corrected chi connectivity index (χ1v) is 6.92. The molecule has 0 aromatic carbocycles. The standard InChI is InChI=1S/C13H19N3S/c1-4-12-6-7-13(17-12)10(3)15-11-8-14-16(5-2)9-11/h6-10,15H,4-5H2,1-3H3. The molecule has 1 atom stereocenters. The minimum Gasteiger partial charge on any atom is -0.375 e. The maximum atomic E-state index is 4.26. The van der Waals surface area contributed by atoms with E-state index in [4.69, 9.17) is 0 Å². The van der Waals surface area contributed by atoms with Gasteiger partial charge >= 0.3 is 0 Å². The highest BCUT2D eigenvalue weighted by Crippen LogP contribution is 2.26. The average Bonchev–Trinajstić information content (AvgIpc) is 2.96. The Morgan fingerprint density at radius 2 is 2.24 bits per heavy atom. The van der Waals surface area contributed by atoms with Crippen LogP contribution in [0.1, 0.15) is 36.6 Å². The zero-order valence-electron chi connectivity index (χ0n) is 10.6. The molecule has 92 valence electrons. The summed E-state index contributed by atoms with van der Waals surface area (Å²) in [6.07, 6.45) is 5.05. The van der Waals surface area contributed by atoms with Crippen LogP contribution in [-0.2, 0) is 13.0 Å². The van der Waals surface area contributed by atoms with Crippen molar-refractivity contribution in [3.05, 3.63) is 34.3 Å². The van der Waals surface area contributed by atoms with Gasteiger partial charge in [-0.05, 0) is 32.4 Å². The molecule has 1 N–H and O–H groups in total. The third kappa shape index (κ3) is 2.88. The Morgan fingerprint density at radius 1 is 1.41 bits per heavy atom. The maximum Gasteiger partial charge on any atom is 0.0731 e. The maximum absolute atomic E-state index is 4.26. The van der Waals surface area contributed by atoms with Crippen LogP contribution in [0.15, 0.2) is 24.5 Å². The van der Waals surface area contributed by atoms with Gasteiger partial charge in [0.1, 0.15) is 0 Å². The fourth-order valence-corrected chi connectivity index (χ4v) is 2.70. The predicted molar refractivity (Wildman–Crippen MR) is 73.6 cm³/mol. The number of hydrogen-bond donors (Lipinski definition) is 1. The van der Waals surface area contributed by atoms with E-state index in [9.17, 15) is 0 Å². The van der Waals surface area contributed by atoms with E-state index in [0.29, 0.717) is 6.04 Å². The smallest absolute Gasteiger partial charge is 0.0731 e. The summed E-state index contributed by atoms with van der Waals surface area (Å²) in [6.45, 7) is 7.38. The lowest BCUT2D eigenvalue weighted by Gasteiger charge is -2.11. The van der Waals surface area contributed by atoms with Crippen molar-refractivity contribution in [1.82, 2.24) is 9.78 Å². The van der Waals surface area contributed by atoms with Crippen molar-refractivity contribution >= 4 is 17.0 Å². The number of nitrogens with one attached hydrogen (secondary N) is 1. The van der Waals surface area contributed by atoms with E-state index in [2.05, 4.69) is 43.3 Å². The van der Waals surface area contributed by atoms with Crippen LogP contribution < -0.4 is 5.32 Å². The Hall–Kier alpha value is -1.29. The lowest BCUT2D eigenvalue weighted by molar-refractivity contribution is 0.660. The van der Waals surface area contributed by atoms with Crippen molar-refractivity contribution in [2.45, 2.75) is 39.8 Å². The number of anilines is 1. The fraction of sp³-hybridized carbons (Fsp3) is 0.462. The highest BCUT2D eigenvalue weighted by atomic mass is 32.1. The first kappa shape index (κ1) is 12.2. The summed E-state index contributed by atoms with van der Waals surface area (Å²) in [5.41, 5.74) is 1.09. The third-order valence-corrected chi connectivity index (χ3v) is 4.21. The molecule has 0 fully saturated rings. The second-order valence-corrected chi connectivity index (χ2v) is 5.31. The zero-order valence-corrected chi connectivity index (χ0v) is 11.4. The monoisotopic (exact) mass is 249 g/mol. The summed E-state index contributed by atoms with van der Waals surface area (Å²) < 4.78 is 1.93. The molecule has 2 aromatic heterocycles. The second-order valence-electron chi connectivity index (χ2n) is 4.11. The van der Waals surface area contributed by atoms with Crippen molar-refractivity contribution in [3.8, 4) is 0 Å². The van der Waals surface area contributed by atoms with Crippen molar-refractivity contribution in [1.29, 1.82) is 0 Å². The summed E-state index contributed by atoms with van der Waals surface area (Å²) >= 11 is 1.88. The van der Waals surface area contributed by atoms with Gasteiger partial charge in [0.25, 0.3) is 0 Å². The van der Waals surface area contributed by atoms with Crippen LogP contribution in [0.4, 0.5) is 5.69 Å². The predicted octanol–water partition coefficient (Wildman–Crippen LogP) is 3.70. The van der Waals surface area contributed by atoms with E-state index < -0.39 is 0 Å². The second kappa shape index (κ2) is 5.36. The Morgan fingerprint density at radius 3 is 2.82 bits per heavy atom. The molecular formula is C13H19N3S. The molecule has 2 aromatic rings. The number of nitrogens with zero attached hydrogens (tertiary/aromatic N) is 2. The molecule has 0 saturated heterocycles. The van der Waals surface area contributed by atoms with Gasteiger partial charge in [-0.1, -0.05) is 6.92 Å². The number of hydrogen-bond acceptors (Lipinski definition) is 3. The highest BCUT2D eigenvalue weighted by molar-refractivity contribution is 7.12. The Balaban J connectivity index is 2.02. The summed E-state index contributed by atoms with van der Waals surface area (Å²) in [7, 11) is 0. The van der Waals surface area contributed by atoms with Crippen molar-refractivity contribution in [3.63, 3.8) is 0 Å². The van der Waals surface area contributed by atoms with Gasteiger partial charge in [-0.3, -0.25) is 4.68 Å². The Labute approximate surface area is 106 Å². The topological polar surface area (TPSA) is 29.9 Å². The molecule has 3 nitrogen and oxygen atoms in total. The lowest BCUT2D eigenvalue weighted by Crippen LogP contribution is -2.03. The minimum absolute atomic E-state index is 0.342. The minimum atomic E-state index is 0.342. The summed E-state index contributed by atoms with van der Waals surface area (Å²) in [5, 5.41) is 7.74. The zero-order chi connectivity index (χ0) is 12.3. The van der Waals surface area contributed by atoms with Crippen LogP contribution in [-0.4, -0.2) is 9.78 Å². The first-order chi connectivity index (χ1) is 8.22. The SMILES string of the molecule is CCc1ccc(C(C)Nc2cnn(CC)c2)s1. The normalized spacial score (nSPS) is 12.6. The Kier molecular flexibility index (Phi) is 3.84. The van der Waals surface area contributed by atoms with E-state index in [-0.39, 0.29) is 0 Å². The van der Waals surface area contributed by atoms with Crippen LogP contribution in [0.3, 0.4) is 0 Å². The van der Waals surface area contributed by atoms with Crippen molar-refractivity contribution < 1.29 is 0 Å².